The summed E-state index contributed by atoms with van der Waals surface area (Å²) in [6, 6.07) is 10.6. The lowest BCUT2D eigenvalue weighted by Gasteiger charge is -2.00. The van der Waals surface area contributed by atoms with Gasteiger partial charge in [0, 0.05) is 29.3 Å². The summed E-state index contributed by atoms with van der Waals surface area (Å²) in [6.07, 6.45) is 1.41. The lowest BCUT2D eigenvalue weighted by Crippen LogP contribution is -1.95. The smallest absolute Gasteiger partial charge is 0.272 e. The fraction of sp³-hybridized carbons (Fsp3) is 0.0714. The van der Waals surface area contributed by atoms with Crippen molar-refractivity contribution in [2.75, 3.05) is 5.43 Å². The van der Waals surface area contributed by atoms with Crippen LogP contribution >= 0.6 is 0 Å². The number of rotatable bonds is 5. The van der Waals surface area contributed by atoms with Crippen LogP contribution in [0, 0.1) is 27.2 Å². The maximum absolute atomic E-state index is 10.9. The minimum absolute atomic E-state index is 0.0132. The molecule has 0 atom stereocenters. The number of anilines is 1. The second kappa shape index (κ2) is 6.44. The van der Waals surface area contributed by atoms with Crippen LogP contribution in [0.4, 0.5) is 17.1 Å². The van der Waals surface area contributed by atoms with E-state index < -0.39 is 9.85 Å². The van der Waals surface area contributed by atoms with Crippen molar-refractivity contribution in [1.82, 2.24) is 0 Å². The molecular formula is C14H12N4O4. The third-order valence-electron chi connectivity index (χ3n) is 2.89. The topological polar surface area (TPSA) is 111 Å². The molecule has 0 amide bonds. The Hall–Kier alpha value is -3.29. The highest BCUT2D eigenvalue weighted by Gasteiger charge is 2.10. The third-order valence-corrected chi connectivity index (χ3v) is 2.89. The Bertz CT molecular complexity index is 758. The Labute approximate surface area is 125 Å². The summed E-state index contributed by atoms with van der Waals surface area (Å²) in [6.45, 7) is 1.65. The zero-order valence-corrected chi connectivity index (χ0v) is 11.6. The van der Waals surface area contributed by atoms with Crippen LogP contribution in [0.25, 0.3) is 0 Å². The molecule has 8 heteroatoms. The first-order valence-corrected chi connectivity index (χ1v) is 6.26. The number of non-ortho nitro benzene ring substituents is 1. The van der Waals surface area contributed by atoms with Gasteiger partial charge in [0.25, 0.3) is 11.4 Å². The van der Waals surface area contributed by atoms with Crippen LogP contribution in [-0.4, -0.2) is 16.1 Å². The van der Waals surface area contributed by atoms with Gasteiger partial charge in [0.2, 0.25) is 0 Å². The largest absolute Gasteiger partial charge is 0.278 e. The molecule has 8 nitrogen and oxygen atoms in total. The number of nitro benzene ring substituents is 2. The zero-order chi connectivity index (χ0) is 16.1. The van der Waals surface area contributed by atoms with Crippen LogP contribution < -0.4 is 5.43 Å². The van der Waals surface area contributed by atoms with Crippen LogP contribution in [-0.2, 0) is 0 Å². The average Bonchev–Trinajstić information content (AvgIpc) is 2.49. The molecule has 0 aliphatic carbocycles. The molecule has 0 bridgehead atoms. The van der Waals surface area contributed by atoms with E-state index >= 15 is 0 Å². The molecule has 0 radical (unpaired) electrons. The maximum Gasteiger partial charge on any atom is 0.272 e. The highest BCUT2D eigenvalue weighted by Crippen LogP contribution is 2.19. The van der Waals surface area contributed by atoms with Gasteiger partial charge >= 0.3 is 0 Å². The van der Waals surface area contributed by atoms with E-state index in [2.05, 4.69) is 10.5 Å². The molecular weight excluding hydrogens is 288 g/mol. The van der Waals surface area contributed by atoms with Crippen molar-refractivity contribution in [2.24, 2.45) is 5.10 Å². The molecule has 0 aliphatic heterocycles. The van der Waals surface area contributed by atoms with Crippen molar-refractivity contribution in [3.8, 4) is 0 Å². The number of nitrogens with one attached hydrogen (secondary N) is 1. The Morgan fingerprint density at radius 3 is 2.55 bits per heavy atom. The van der Waals surface area contributed by atoms with Gasteiger partial charge in [-0.2, -0.15) is 5.10 Å². The van der Waals surface area contributed by atoms with Gasteiger partial charge in [0.15, 0.2) is 0 Å². The highest BCUT2D eigenvalue weighted by molar-refractivity contribution is 5.81. The van der Waals surface area contributed by atoms with Crippen LogP contribution in [0.5, 0.6) is 0 Å². The van der Waals surface area contributed by atoms with Crippen molar-refractivity contribution in [2.45, 2.75) is 6.92 Å². The summed E-state index contributed by atoms with van der Waals surface area (Å²) < 4.78 is 0. The SMILES string of the molecule is Cc1ccc(C=NNc2cccc([N+](=O)[O-])c2)cc1[N+](=O)[O-]. The molecule has 2 rings (SSSR count). The van der Waals surface area contributed by atoms with Crippen LogP contribution in [0.1, 0.15) is 11.1 Å². The Morgan fingerprint density at radius 1 is 1.09 bits per heavy atom. The summed E-state index contributed by atoms with van der Waals surface area (Å²) in [4.78, 5) is 20.5. The van der Waals surface area contributed by atoms with Gasteiger partial charge in [-0.15, -0.1) is 0 Å². The Kier molecular flexibility index (Phi) is 4.42. The van der Waals surface area contributed by atoms with Crippen LogP contribution in [0.15, 0.2) is 47.6 Å². The van der Waals surface area contributed by atoms with Crippen molar-refractivity contribution in [3.05, 3.63) is 73.8 Å². The van der Waals surface area contributed by atoms with E-state index in [1.165, 1.54) is 30.5 Å². The van der Waals surface area contributed by atoms with Crippen molar-refractivity contribution >= 4 is 23.3 Å². The number of hydrazone groups is 1. The Morgan fingerprint density at radius 2 is 1.86 bits per heavy atom. The molecule has 0 saturated heterocycles. The van der Waals surface area contributed by atoms with E-state index in [1.54, 1.807) is 25.1 Å². The monoisotopic (exact) mass is 300 g/mol. The van der Waals surface area contributed by atoms with E-state index in [9.17, 15) is 20.2 Å². The average molecular weight is 300 g/mol. The van der Waals surface area contributed by atoms with Gasteiger partial charge in [-0.05, 0) is 13.0 Å². The summed E-state index contributed by atoms with van der Waals surface area (Å²) in [5.74, 6) is 0. The Balaban J connectivity index is 2.13. The molecule has 0 unspecified atom stereocenters. The molecule has 0 heterocycles. The molecule has 0 saturated carbocycles. The predicted octanol–water partition coefficient (Wildman–Crippen LogP) is 3.26. The first-order chi connectivity index (χ1) is 10.5. The van der Waals surface area contributed by atoms with E-state index in [-0.39, 0.29) is 11.4 Å². The van der Waals surface area contributed by atoms with Gasteiger partial charge in [0.1, 0.15) is 0 Å². The molecule has 0 spiro atoms. The number of hydrogen-bond donors (Lipinski definition) is 1. The van der Waals surface area contributed by atoms with Crippen molar-refractivity contribution < 1.29 is 9.85 Å². The normalized spacial score (nSPS) is 10.6. The maximum atomic E-state index is 10.9. The second-order valence-corrected chi connectivity index (χ2v) is 4.48. The molecule has 112 valence electrons. The molecule has 0 aromatic heterocycles. The minimum atomic E-state index is -0.502. The van der Waals surface area contributed by atoms with Gasteiger partial charge in [-0.1, -0.05) is 18.2 Å². The lowest BCUT2D eigenvalue weighted by atomic mass is 10.1. The molecule has 0 aliphatic rings. The number of nitrogens with zero attached hydrogens (tertiary/aromatic N) is 3. The predicted molar refractivity (Wildman–Crippen MR) is 82.1 cm³/mol. The van der Waals surface area contributed by atoms with Gasteiger partial charge in [-0.25, -0.2) is 0 Å². The summed E-state index contributed by atoms with van der Waals surface area (Å²) in [5, 5.41) is 25.4. The fourth-order valence-electron chi connectivity index (χ4n) is 1.77. The van der Waals surface area contributed by atoms with Crippen LogP contribution in [0.2, 0.25) is 0 Å². The first kappa shape index (κ1) is 15.1. The molecule has 2 aromatic carbocycles. The van der Waals surface area contributed by atoms with Gasteiger partial charge in [-0.3, -0.25) is 25.7 Å². The number of nitro groups is 2. The molecule has 1 N–H and O–H groups in total. The molecule has 0 fully saturated rings. The minimum Gasteiger partial charge on any atom is -0.278 e. The van der Waals surface area contributed by atoms with E-state index in [1.807, 2.05) is 0 Å². The first-order valence-electron chi connectivity index (χ1n) is 6.26. The van der Waals surface area contributed by atoms with Crippen LogP contribution in [0.3, 0.4) is 0 Å². The number of aryl methyl sites for hydroxylation is 1. The number of hydrogen-bond acceptors (Lipinski definition) is 6. The fourth-order valence-corrected chi connectivity index (χ4v) is 1.77. The molecule has 22 heavy (non-hydrogen) atoms. The summed E-state index contributed by atoms with van der Waals surface area (Å²) in [5.41, 5.74) is 4.18. The van der Waals surface area contributed by atoms with E-state index in [0.29, 0.717) is 16.8 Å². The van der Waals surface area contributed by atoms with Crippen molar-refractivity contribution in [3.63, 3.8) is 0 Å². The van der Waals surface area contributed by atoms with E-state index in [0.717, 1.165) is 0 Å². The standard InChI is InChI=1S/C14H12N4O4/c1-10-5-6-11(7-14(10)18(21)22)9-15-16-12-3-2-4-13(8-12)17(19)20/h2-9,16H,1H3. The summed E-state index contributed by atoms with van der Waals surface area (Å²) in [7, 11) is 0. The highest BCUT2D eigenvalue weighted by atomic mass is 16.6. The van der Waals surface area contributed by atoms with E-state index in [4.69, 9.17) is 0 Å². The quantitative estimate of drug-likeness (QED) is 0.517. The summed E-state index contributed by atoms with van der Waals surface area (Å²) >= 11 is 0. The second-order valence-electron chi connectivity index (χ2n) is 4.48. The molecule has 2 aromatic rings. The van der Waals surface area contributed by atoms with Crippen molar-refractivity contribution in [1.29, 1.82) is 0 Å². The number of benzene rings is 2. The van der Waals surface area contributed by atoms with Gasteiger partial charge < -0.3 is 0 Å². The van der Waals surface area contributed by atoms with Gasteiger partial charge in [0.05, 0.1) is 21.7 Å². The third kappa shape index (κ3) is 3.63. The zero-order valence-electron chi connectivity index (χ0n) is 11.6. The lowest BCUT2D eigenvalue weighted by molar-refractivity contribution is -0.385.